The van der Waals surface area contributed by atoms with Crippen molar-refractivity contribution < 1.29 is 9.59 Å². The lowest BCUT2D eigenvalue weighted by molar-refractivity contribution is -0.117. The van der Waals surface area contributed by atoms with Gasteiger partial charge in [-0.05, 0) is 25.1 Å². The Bertz CT molecular complexity index is 365. The quantitative estimate of drug-likeness (QED) is 0.699. The molecule has 0 saturated carbocycles. The van der Waals surface area contributed by atoms with E-state index in [2.05, 4.69) is 10.3 Å². The van der Waals surface area contributed by atoms with Crippen LogP contribution in [0.2, 0.25) is 0 Å². The summed E-state index contributed by atoms with van der Waals surface area (Å²) in [6.07, 6.45) is 2.50. The molecule has 1 atom stereocenters. The number of hydrogen-bond acceptors (Lipinski definition) is 4. The third-order valence-electron chi connectivity index (χ3n) is 2.17. The maximum Gasteiger partial charge on any atom is 0.274 e. The molecular formula is C11H17N3O2S. The summed E-state index contributed by atoms with van der Waals surface area (Å²) in [4.78, 5) is 25.7. The van der Waals surface area contributed by atoms with Crippen LogP contribution < -0.4 is 11.1 Å². The normalized spacial score (nSPS) is 12.1. The maximum absolute atomic E-state index is 11.5. The van der Waals surface area contributed by atoms with Gasteiger partial charge in [-0.1, -0.05) is 6.92 Å². The molecule has 1 unspecified atom stereocenters. The molecule has 2 amide bonds. The summed E-state index contributed by atoms with van der Waals surface area (Å²) in [5.74, 6) is -0.404. The van der Waals surface area contributed by atoms with Crippen molar-refractivity contribution in [3.05, 3.63) is 24.0 Å². The minimum absolute atomic E-state index is 0.271. The Kier molecular flexibility index (Phi) is 5.79. The molecule has 1 heterocycles. The van der Waals surface area contributed by atoms with Gasteiger partial charge in [0, 0.05) is 11.4 Å². The molecule has 1 aromatic heterocycles. The van der Waals surface area contributed by atoms with Crippen molar-refractivity contribution in [1.82, 2.24) is 10.3 Å². The van der Waals surface area contributed by atoms with Crippen molar-refractivity contribution in [2.45, 2.75) is 18.6 Å². The number of nitrogens with one attached hydrogen (secondary N) is 2. The number of H-pyrrole nitrogens is 1. The van der Waals surface area contributed by atoms with Crippen LogP contribution in [0.5, 0.6) is 0 Å². The van der Waals surface area contributed by atoms with Crippen LogP contribution in [0.4, 0.5) is 0 Å². The van der Waals surface area contributed by atoms with E-state index in [1.807, 2.05) is 6.92 Å². The zero-order chi connectivity index (χ0) is 12.7. The third-order valence-corrected chi connectivity index (χ3v) is 3.40. The predicted octanol–water partition coefficient (Wildman–Crippen LogP) is 0.742. The molecule has 0 aliphatic heterocycles. The molecule has 0 aliphatic rings. The molecule has 0 aromatic carbocycles. The number of nitrogens with two attached hydrogens (primary N) is 1. The highest BCUT2D eigenvalue weighted by atomic mass is 32.2. The summed E-state index contributed by atoms with van der Waals surface area (Å²) in [7, 11) is 0. The summed E-state index contributed by atoms with van der Waals surface area (Å²) in [5, 5.41) is 2.64. The molecule has 1 aromatic rings. The van der Waals surface area contributed by atoms with Crippen LogP contribution in [0.25, 0.3) is 0 Å². The van der Waals surface area contributed by atoms with Gasteiger partial charge < -0.3 is 10.7 Å². The van der Waals surface area contributed by atoms with E-state index in [1.54, 1.807) is 18.3 Å². The van der Waals surface area contributed by atoms with E-state index >= 15 is 0 Å². The van der Waals surface area contributed by atoms with E-state index in [0.717, 1.165) is 6.42 Å². The van der Waals surface area contributed by atoms with E-state index < -0.39 is 5.91 Å². The SMILES string of the molecule is CC(CCN)SCC(=O)NC(=O)c1ccc[nH]1. The molecule has 1 rings (SSSR count). The summed E-state index contributed by atoms with van der Waals surface area (Å²) in [6.45, 7) is 2.62. The van der Waals surface area contributed by atoms with Crippen LogP contribution in [0, 0.1) is 0 Å². The van der Waals surface area contributed by atoms with Gasteiger partial charge in [-0.15, -0.1) is 11.8 Å². The van der Waals surface area contributed by atoms with Crippen LogP contribution in [-0.2, 0) is 4.79 Å². The lowest BCUT2D eigenvalue weighted by atomic mass is 10.3. The van der Waals surface area contributed by atoms with Gasteiger partial charge in [-0.3, -0.25) is 14.9 Å². The second-order valence-electron chi connectivity index (χ2n) is 3.66. The lowest BCUT2D eigenvalue weighted by Gasteiger charge is -2.08. The molecule has 94 valence electrons. The molecule has 6 heteroatoms. The van der Waals surface area contributed by atoms with Gasteiger partial charge >= 0.3 is 0 Å². The van der Waals surface area contributed by atoms with Crippen LogP contribution >= 0.6 is 11.8 Å². The van der Waals surface area contributed by atoms with Crippen molar-refractivity contribution >= 4 is 23.6 Å². The average molecular weight is 255 g/mol. The van der Waals surface area contributed by atoms with Crippen molar-refractivity contribution in [3.8, 4) is 0 Å². The maximum atomic E-state index is 11.5. The van der Waals surface area contributed by atoms with E-state index in [1.165, 1.54) is 11.8 Å². The molecule has 4 N–H and O–H groups in total. The molecule has 0 aliphatic carbocycles. The molecule has 17 heavy (non-hydrogen) atoms. The first-order valence-corrected chi connectivity index (χ1v) is 6.47. The summed E-state index contributed by atoms with van der Waals surface area (Å²) >= 11 is 1.49. The first kappa shape index (κ1) is 13.8. The second kappa shape index (κ2) is 7.13. The zero-order valence-corrected chi connectivity index (χ0v) is 10.5. The van der Waals surface area contributed by atoms with Gasteiger partial charge in [0.15, 0.2) is 0 Å². The fourth-order valence-corrected chi connectivity index (χ4v) is 2.05. The van der Waals surface area contributed by atoms with Gasteiger partial charge in [-0.2, -0.15) is 0 Å². The molecule has 0 bridgehead atoms. The van der Waals surface area contributed by atoms with Gasteiger partial charge in [0.25, 0.3) is 5.91 Å². The predicted molar refractivity (Wildman–Crippen MR) is 68.9 cm³/mol. The monoisotopic (exact) mass is 255 g/mol. The second-order valence-corrected chi connectivity index (χ2v) is 5.09. The molecule has 0 radical (unpaired) electrons. The van der Waals surface area contributed by atoms with Crippen LogP contribution in [-0.4, -0.2) is 34.3 Å². The number of imide groups is 1. The van der Waals surface area contributed by atoms with Crippen molar-refractivity contribution in [1.29, 1.82) is 0 Å². The van der Waals surface area contributed by atoms with Crippen molar-refractivity contribution in [2.24, 2.45) is 5.73 Å². The molecule has 0 fully saturated rings. The number of aromatic nitrogens is 1. The van der Waals surface area contributed by atoms with Gasteiger partial charge in [0.1, 0.15) is 5.69 Å². The van der Waals surface area contributed by atoms with Crippen LogP contribution in [0.15, 0.2) is 18.3 Å². The van der Waals surface area contributed by atoms with E-state index in [9.17, 15) is 9.59 Å². The Morgan fingerprint density at radius 3 is 2.94 bits per heavy atom. The summed E-state index contributed by atoms with van der Waals surface area (Å²) in [6, 6.07) is 3.32. The Balaban J connectivity index is 2.28. The highest BCUT2D eigenvalue weighted by Crippen LogP contribution is 2.12. The number of amides is 2. The molecule has 0 spiro atoms. The number of hydrogen-bond donors (Lipinski definition) is 3. The Morgan fingerprint density at radius 1 is 1.59 bits per heavy atom. The number of aromatic amines is 1. The summed E-state index contributed by atoms with van der Waals surface area (Å²) < 4.78 is 0. The largest absolute Gasteiger partial charge is 0.357 e. The molecular weight excluding hydrogens is 238 g/mol. The van der Waals surface area contributed by atoms with Crippen molar-refractivity contribution in [2.75, 3.05) is 12.3 Å². The minimum atomic E-state index is -0.396. The third kappa shape index (κ3) is 5.06. The topological polar surface area (TPSA) is 88.0 Å². The number of rotatable bonds is 6. The Morgan fingerprint density at radius 2 is 2.35 bits per heavy atom. The van der Waals surface area contributed by atoms with E-state index in [-0.39, 0.29) is 11.7 Å². The number of carbonyl (C=O) groups is 2. The first-order valence-electron chi connectivity index (χ1n) is 5.42. The fraction of sp³-hybridized carbons (Fsp3) is 0.455. The van der Waals surface area contributed by atoms with Crippen LogP contribution in [0.3, 0.4) is 0 Å². The van der Waals surface area contributed by atoms with E-state index in [4.69, 9.17) is 5.73 Å². The Labute approximate surface area is 105 Å². The lowest BCUT2D eigenvalue weighted by Crippen LogP contribution is -2.32. The van der Waals surface area contributed by atoms with Crippen molar-refractivity contribution in [3.63, 3.8) is 0 Å². The van der Waals surface area contributed by atoms with Gasteiger partial charge in [0.05, 0.1) is 5.75 Å². The standard InChI is InChI=1S/C11H17N3O2S/c1-8(4-5-12)17-7-10(15)14-11(16)9-3-2-6-13-9/h2-3,6,8,13H,4-5,7,12H2,1H3,(H,14,15,16). The summed E-state index contributed by atoms with van der Waals surface area (Å²) in [5.41, 5.74) is 5.80. The smallest absolute Gasteiger partial charge is 0.274 e. The average Bonchev–Trinajstić information content (AvgIpc) is 2.80. The van der Waals surface area contributed by atoms with Gasteiger partial charge in [0.2, 0.25) is 5.91 Å². The highest BCUT2D eigenvalue weighted by Gasteiger charge is 2.12. The molecule has 0 saturated heterocycles. The van der Waals surface area contributed by atoms with Crippen LogP contribution in [0.1, 0.15) is 23.8 Å². The molecule has 5 nitrogen and oxygen atoms in total. The minimum Gasteiger partial charge on any atom is -0.357 e. The van der Waals surface area contributed by atoms with E-state index in [0.29, 0.717) is 17.5 Å². The fourth-order valence-electron chi connectivity index (χ4n) is 1.24. The van der Waals surface area contributed by atoms with Gasteiger partial charge in [-0.25, -0.2) is 0 Å². The Hall–Kier alpha value is -1.27. The number of thioether (sulfide) groups is 1. The highest BCUT2D eigenvalue weighted by molar-refractivity contribution is 8.00. The zero-order valence-electron chi connectivity index (χ0n) is 9.73. The first-order chi connectivity index (χ1) is 8.13. The number of carbonyl (C=O) groups excluding carboxylic acids is 2.